The Morgan fingerprint density at radius 2 is 1.94 bits per heavy atom. The average molecular weight is 433 g/mol. The van der Waals surface area contributed by atoms with E-state index in [-0.39, 0.29) is 0 Å². The van der Waals surface area contributed by atoms with Crippen LogP contribution in [0.4, 0.5) is 5.69 Å². The van der Waals surface area contributed by atoms with Crippen LogP contribution in [0.25, 0.3) is 22.6 Å². The molecule has 2 heterocycles. The van der Waals surface area contributed by atoms with Crippen molar-refractivity contribution in [3.05, 3.63) is 65.9 Å². The molecular weight excluding hydrogens is 410 g/mol. The number of ether oxygens (including phenoxy) is 1. The third-order valence-electron chi connectivity index (χ3n) is 5.30. The van der Waals surface area contributed by atoms with Crippen LogP contribution < -0.4 is 15.4 Å². The standard InChI is InChI=1S/C24H23N3O5/c1-13(24(30)31)26-22(28)14(2)32-20-10-9-15(16-7-5-11-25-21(16)20)12-18-17-6-3-4-8-19(17)27-23(18)29/h3-14,23,27,29H,1-2H3,(H,26,28)(H,30,31)/t13-,14?,23?/m0/s1. The molecule has 2 unspecified atom stereocenters. The molecule has 32 heavy (non-hydrogen) atoms. The number of carboxylic acid groups (broad SMARTS) is 1. The number of anilines is 1. The smallest absolute Gasteiger partial charge is 0.325 e. The monoisotopic (exact) mass is 433 g/mol. The van der Waals surface area contributed by atoms with Crippen molar-refractivity contribution in [1.82, 2.24) is 10.3 Å². The summed E-state index contributed by atoms with van der Waals surface area (Å²) in [4.78, 5) is 27.7. The van der Waals surface area contributed by atoms with Crippen LogP contribution in [0, 0.1) is 0 Å². The zero-order valence-corrected chi connectivity index (χ0v) is 17.6. The van der Waals surface area contributed by atoms with Crippen LogP contribution in [0.15, 0.2) is 54.7 Å². The van der Waals surface area contributed by atoms with Crippen molar-refractivity contribution >= 4 is 40.1 Å². The molecule has 0 radical (unpaired) electrons. The van der Waals surface area contributed by atoms with Gasteiger partial charge in [-0.2, -0.15) is 0 Å². The van der Waals surface area contributed by atoms with Gasteiger partial charge in [0.15, 0.2) is 12.3 Å². The van der Waals surface area contributed by atoms with E-state index in [1.807, 2.05) is 42.5 Å². The van der Waals surface area contributed by atoms with Crippen LogP contribution in [-0.2, 0) is 9.59 Å². The first-order valence-electron chi connectivity index (χ1n) is 10.2. The first-order chi connectivity index (χ1) is 15.3. The second kappa shape index (κ2) is 8.68. The Bertz CT molecular complexity index is 1220. The Morgan fingerprint density at radius 3 is 2.72 bits per heavy atom. The Hall–Kier alpha value is -3.91. The van der Waals surface area contributed by atoms with Crippen molar-refractivity contribution in [1.29, 1.82) is 0 Å². The Morgan fingerprint density at radius 1 is 1.16 bits per heavy atom. The number of rotatable bonds is 6. The minimum atomic E-state index is -1.12. The summed E-state index contributed by atoms with van der Waals surface area (Å²) in [5.41, 5.74) is 3.93. The molecule has 1 amide bonds. The van der Waals surface area contributed by atoms with Gasteiger partial charge in [0.1, 0.15) is 17.3 Å². The molecule has 0 spiro atoms. The van der Waals surface area contributed by atoms with Crippen LogP contribution in [0.5, 0.6) is 5.75 Å². The number of aliphatic carboxylic acids is 1. The Balaban J connectivity index is 1.66. The number of nitrogens with one attached hydrogen (secondary N) is 2. The molecule has 1 aliphatic heterocycles. The number of pyridine rings is 1. The average Bonchev–Trinajstić information content (AvgIpc) is 3.10. The van der Waals surface area contributed by atoms with Crippen LogP contribution in [0.2, 0.25) is 0 Å². The zero-order valence-electron chi connectivity index (χ0n) is 17.6. The molecule has 0 saturated heterocycles. The third-order valence-corrected chi connectivity index (χ3v) is 5.30. The highest BCUT2D eigenvalue weighted by Crippen LogP contribution is 2.37. The molecule has 2 aromatic carbocycles. The maximum atomic E-state index is 12.3. The zero-order chi connectivity index (χ0) is 22.8. The molecule has 4 rings (SSSR count). The van der Waals surface area contributed by atoms with Gasteiger partial charge in [-0.05, 0) is 43.7 Å². The van der Waals surface area contributed by atoms with E-state index in [9.17, 15) is 14.7 Å². The van der Waals surface area contributed by atoms with E-state index < -0.39 is 30.3 Å². The molecule has 0 bridgehead atoms. The van der Waals surface area contributed by atoms with E-state index in [0.29, 0.717) is 11.3 Å². The molecule has 4 N–H and O–H groups in total. The van der Waals surface area contributed by atoms with Gasteiger partial charge in [0.2, 0.25) is 0 Å². The maximum Gasteiger partial charge on any atom is 0.325 e. The van der Waals surface area contributed by atoms with Gasteiger partial charge in [0, 0.05) is 28.4 Å². The summed E-state index contributed by atoms with van der Waals surface area (Å²) >= 11 is 0. The number of hydrogen-bond donors (Lipinski definition) is 4. The predicted octanol–water partition coefficient (Wildman–Crippen LogP) is 2.88. The van der Waals surface area contributed by atoms with Gasteiger partial charge in [0.25, 0.3) is 5.91 Å². The van der Waals surface area contributed by atoms with Crippen molar-refractivity contribution in [2.75, 3.05) is 5.32 Å². The number of carbonyl (C=O) groups is 2. The molecule has 1 aliphatic rings. The van der Waals surface area contributed by atoms with Crippen LogP contribution in [0.1, 0.15) is 25.0 Å². The van der Waals surface area contributed by atoms with Crippen molar-refractivity contribution < 1.29 is 24.5 Å². The number of carbonyl (C=O) groups excluding carboxylic acids is 1. The molecule has 1 aromatic heterocycles. The largest absolute Gasteiger partial charge is 0.480 e. The number of aliphatic hydroxyl groups is 1. The number of nitrogens with zero attached hydrogens (tertiary/aromatic N) is 1. The van der Waals surface area contributed by atoms with Gasteiger partial charge >= 0.3 is 5.97 Å². The number of fused-ring (bicyclic) bond motifs is 2. The van der Waals surface area contributed by atoms with Gasteiger partial charge in [-0.3, -0.25) is 14.6 Å². The lowest BCUT2D eigenvalue weighted by Crippen LogP contribution is -2.44. The van der Waals surface area contributed by atoms with E-state index in [2.05, 4.69) is 15.6 Å². The summed E-state index contributed by atoms with van der Waals surface area (Å²) in [7, 11) is 0. The Kier molecular flexibility index (Phi) is 5.79. The van der Waals surface area contributed by atoms with Gasteiger partial charge in [0.05, 0.1) is 0 Å². The number of para-hydroxylation sites is 1. The summed E-state index contributed by atoms with van der Waals surface area (Å²) < 4.78 is 5.82. The fourth-order valence-electron chi connectivity index (χ4n) is 3.58. The molecule has 0 saturated carbocycles. The van der Waals surface area contributed by atoms with E-state index in [1.165, 1.54) is 6.92 Å². The summed E-state index contributed by atoms with van der Waals surface area (Å²) in [6.45, 7) is 2.93. The number of benzene rings is 2. The molecule has 3 atom stereocenters. The highest BCUT2D eigenvalue weighted by Gasteiger charge is 2.25. The number of aromatic nitrogens is 1. The highest BCUT2D eigenvalue weighted by molar-refractivity contribution is 6.00. The maximum absolute atomic E-state index is 12.3. The van der Waals surface area contributed by atoms with Crippen molar-refractivity contribution in [2.24, 2.45) is 0 Å². The number of hydrogen-bond acceptors (Lipinski definition) is 6. The van der Waals surface area contributed by atoms with Crippen molar-refractivity contribution in [3.8, 4) is 5.75 Å². The van der Waals surface area contributed by atoms with E-state index >= 15 is 0 Å². The van der Waals surface area contributed by atoms with Gasteiger partial charge in [-0.1, -0.05) is 30.3 Å². The quantitative estimate of drug-likeness (QED) is 0.472. The second-order valence-electron chi connectivity index (χ2n) is 7.57. The minimum Gasteiger partial charge on any atom is -0.480 e. The second-order valence-corrected chi connectivity index (χ2v) is 7.57. The lowest BCUT2D eigenvalue weighted by Gasteiger charge is -2.18. The lowest BCUT2D eigenvalue weighted by molar-refractivity contribution is -0.142. The topological polar surface area (TPSA) is 121 Å². The highest BCUT2D eigenvalue weighted by atomic mass is 16.5. The summed E-state index contributed by atoms with van der Waals surface area (Å²) in [5.74, 6) is -1.26. The molecule has 0 aliphatic carbocycles. The molecule has 8 heteroatoms. The van der Waals surface area contributed by atoms with Crippen LogP contribution in [0.3, 0.4) is 0 Å². The molecule has 8 nitrogen and oxygen atoms in total. The van der Waals surface area contributed by atoms with Crippen LogP contribution in [-0.4, -0.2) is 45.4 Å². The summed E-state index contributed by atoms with van der Waals surface area (Å²) in [5, 5.41) is 25.7. The summed E-state index contributed by atoms with van der Waals surface area (Å²) in [6.07, 6.45) is 1.79. The predicted molar refractivity (Wildman–Crippen MR) is 121 cm³/mol. The minimum absolute atomic E-state index is 0.402. The van der Waals surface area contributed by atoms with Crippen molar-refractivity contribution in [3.63, 3.8) is 0 Å². The molecular formula is C24H23N3O5. The third kappa shape index (κ3) is 4.13. The first kappa shape index (κ1) is 21.3. The van der Waals surface area contributed by atoms with E-state index in [4.69, 9.17) is 9.84 Å². The molecule has 164 valence electrons. The van der Waals surface area contributed by atoms with Crippen molar-refractivity contribution in [2.45, 2.75) is 32.2 Å². The number of carboxylic acids is 1. The molecule has 0 fully saturated rings. The van der Waals surface area contributed by atoms with Gasteiger partial charge in [-0.25, -0.2) is 0 Å². The fraction of sp³-hybridized carbons (Fsp3) is 0.208. The van der Waals surface area contributed by atoms with Crippen LogP contribution >= 0.6 is 0 Å². The first-order valence-corrected chi connectivity index (χ1v) is 10.2. The SMILES string of the molecule is CC(Oc1ccc(C=C2c3ccccc3NC2O)c2cccnc12)C(=O)N[C@@H](C)C(=O)O. The Labute approximate surface area is 184 Å². The fourth-order valence-corrected chi connectivity index (χ4v) is 3.58. The normalized spacial score (nSPS) is 18.0. The summed E-state index contributed by atoms with van der Waals surface area (Å²) in [6, 6.07) is 13.9. The lowest BCUT2D eigenvalue weighted by atomic mass is 10.0. The van der Waals surface area contributed by atoms with E-state index in [1.54, 1.807) is 25.3 Å². The molecule has 3 aromatic rings. The van der Waals surface area contributed by atoms with Gasteiger partial charge < -0.3 is 25.6 Å². The van der Waals surface area contributed by atoms with E-state index in [0.717, 1.165) is 27.8 Å². The number of aliphatic hydroxyl groups excluding tert-OH is 1. The van der Waals surface area contributed by atoms with Gasteiger partial charge in [-0.15, -0.1) is 0 Å². The number of amides is 1.